The fourth-order valence-electron chi connectivity index (χ4n) is 1.54. The predicted molar refractivity (Wildman–Crippen MR) is 77.3 cm³/mol. The molecule has 1 rings (SSSR count). The van der Waals surface area contributed by atoms with Crippen LogP contribution in [0.5, 0.6) is 0 Å². The van der Waals surface area contributed by atoms with E-state index in [1.807, 2.05) is 34.7 Å². The number of aldehydes is 1. The number of allylic oxidation sites excluding steroid dienone is 1. The number of benzene rings is 1. The van der Waals surface area contributed by atoms with Gasteiger partial charge >= 0.3 is 0 Å². The van der Waals surface area contributed by atoms with Gasteiger partial charge in [0.2, 0.25) is 0 Å². The van der Waals surface area contributed by atoms with Gasteiger partial charge in [-0.1, -0.05) is 59.0 Å². The van der Waals surface area contributed by atoms with E-state index in [0.29, 0.717) is 11.8 Å². The van der Waals surface area contributed by atoms with Crippen LogP contribution in [-0.4, -0.2) is 12.1 Å². The summed E-state index contributed by atoms with van der Waals surface area (Å²) in [6.07, 6.45) is 2.47. The fourth-order valence-corrected chi connectivity index (χ4v) is 1.80. The smallest absolute Gasteiger partial charge is 0.164 e. The maximum absolute atomic E-state index is 12.0. The number of nitriles is 1. The first-order valence-corrected chi connectivity index (χ1v) is 6.63. The molecular weight excluding hydrogens is 341 g/mol. The molecule has 0 N–H and O–H groups in total. The molecular formula is C14H12INO2. The quantitative estimate of drug-likeness (QED) is 0.448. The lowest BCUT2D eigenvalue weighted by molar-refractivity contribution is -0.113. The Kier molecular flexibility index (Phi) is 5.72. The van der Waals surface area contributed by atoms with Crippen LogP contribution < -0.4 is 0 Å². The van der Waals surface area contributed by atoms with E-state index in [-0.39, 0.29) is 18.6 Å². The first kappa shape index (κ1) is 14.6. The molecule has 18 heavy (non-hydrogen) atoms. The normalized spacial score (nSPS) is 13.8. The molecule has 0 unspecified atom stereocenters. The summed E-state index contributed by atoms with van der Waals surface area (Å²) in [7, 11) is 0. The van der Waals surface area contributed by atoms with Gasteiger partial charge in [-0.3, -0.25) is 4.79 Å². The third-order valence-electron chi connectivity index (χ3n) is 2.59. The monoisotopic (exact) mass is 353 g/mol. The van der Waals surface area contributed by atoms with Crippen LogP contribution in [0.1, 0.15) is 23.2 Å². The Morgan fingerprint density at radius 1 is 1.39 bits per heavy atom. The molecule has 1 aromatic carbocycles. The van der Waals surface area contributed by atoms with Gasteiger partial charge in [0.25, 0.3) is 0 Å². The fraction of sp³-hybridized carbons (Fsp3) is 0.214. The highest BCUT2D eigenvalue weighted by molar-refractivity contribution is 14.1. The molecule has 0 radical (unpaired) electrons. The molecule has 0 aliphatic heterocycles. The number of Topliss-reactive ketones (excluding diaryl/α,β-unsaturated/α-hetero) is 1. The van der Waals surface area contributed by atoms with Crippen LogP contribution in [0.2, 0.25) is 0 Å². The lowest BCUT2D eigenvalue weighted by Crippen LogP contribution is -2.24. The molecule has 0 saturated heterocycles. The van der Waals surface area contributed by atoms with Gasteiger partial charge in [-0.15, -0.1) is 0 Å². The van der Waals surface area contributed by atoms with Crippen LogP contribution in [0.15, 0.2) is 40.5 Å². The summed E-state index contributed by atoms with van der Waals surface area (Å²) in [6, 6.07) is 10.7. The number of hydrogen-bond donors (Lipinski definition) is 0. The first-order chi connectivity index (χ1) is 8.67. The molecule has 0 aliphatic rings. The van der Waals surface area contributed by atoms with Gasteiger partial charge in [-0.05, 0) is 10.5 Å². The molecule has 3 nitrogen and oxygen atoms in total. The largest absolute Gasteiger partial charge is 0.302 e. The highest BCUT2D eigenvalue weighted by Crippen LogP contribution is 2.26. The number of carbonyl (C=O) groups is 2. The van der Waals surface area contributed by atoms with Crippen molar-refractivity contribution in [2.75, 3.05) is 0 Å². The van der Waals surface area contributed by atoms with Gasteiger partial charge in [0.15, 0.2) is 5.78 Å². The highest BCUT2D eigenvalue weighted by atomic mass is 127. The Hall–Kier alpha value is -1.48. The van der Waals surface area contributed by atoms with Crippen molar-refractivity contribution in [2.24, 2.45) is 5.41 Å². The van der Waals surface area contributed by atoms with Crippen LogP contribution in [0.4, 0.5) is 0 Å². The van der Waals surface area contributed by atoms with E-state index in [1.165, 1.54) is 0 Å². The number of rotatable bonds is 6. The van der Waals surface area contributed by atoms with Crippen molar-refractivity contribution in [1.29, 1.82) is 5.26 Å². The van der Waals surface area contributed by atoms with Gasteiger partial charge in [-0.2, -0.15) is 5.26 Å². The second-order valence-electron chi connectivity index (χ2n) is 3.92. The Labute approximate surface area is 120 Å². The Morgan fingerprint density at radius 2 is 2.06 bits per heavy atom. The lowest BCUT2D eigenvalue weighted by Gasteiger charge is -2.16. The second-order valence-corrected chi connectivity index (χ2v) is 4.64. The van der Waals surface area contributed by atoms with Crippen molar-refractivity contribution in [3.63, 3.8) is 0 Å². The Balaban J connectivity index is 2.89. The van der Waals surface area contributed by atoms with E-state index >= 15 is 0 Å². The number of nitrogens with zero attached hydrogens (tertiary/aromatic N) is 1. The molecule has 0 saturated carbocycles. The topological polar surface area (TPSA) is 57.9 Å². The molecule has 92 valence electrons. The van der Waals surface area contributed by atoms with Gasteiger partial charge in [0.05, 0.1) is 6.07 Å². The average molecular weight is 353 g/mol. The Bertz CT molecular complexity index is 490. The minimum atomic E-state index is -1.26. The van der Waals surface area contributed by atoms with E-state index in [2.05, 4.69) is 0 Å². The molecule has 0 amide bonds. The molecule has 0 heterocycles. The summed E-state index contributed by atoms with van der Waals surface area (Å²) < 4.78 is 1.74. The minimum absolute atomic E-state index is 0.0853. The number of hydrogen-bond acceptors (Lipinski definition) is 3. The zero-order valence-electron chi connectivity index (χ0n) is 9.67. The molecule has 0 spiro atoms. The van der Waals surface area contributed by atoms with Crippen molar-refractivity contribution < 1.29 is 9.59 Å². The summed E-state index contributed by atoms with van der Waals surface area (Å²) in [5, 5.41) is 9.13. The van der Waals surface area contributed by atoms with Gasteiger partial charge in [0, 0.05) is 12.0 Å². The van der Waals surface area contributed by atoms with Crippen molar-refractivity contribution in [2.45, 2.75) is 12.8 Å². The van der Waals surface area contributed by atoms with Crippen LogP contribution in [0.3, 0.4) is 0 Å². The van der Waals surface area contributed by atoms with E-state index in [0.717, 1.165) is 0 Å². The van der Waals surface area contributed by atoms with E-state index in [9.17, 15) is 9.59 Å². The molecule has 4 heteroatoms. The highest BCUT2D eigenvalue weighted by Gasteiger charge is 2.31. The van der Waals surface area contributed by atoms with E-state index in [4.69, 9.17) is 5.26 Å². The van der Waals surface area contributed by atoms with Crippen molar-refractivity contribution in [3.8, 4) is 6.07 Å². The molecule has 0 bridgehead atoms. The van der Waals surface area contributed by atoms with Crippen molar-refractivity contribution >= 4 is 34.7 Å². The number of ketones is 1. The predicted octanol–water partition coefficient (Wildman–Crippen LogP) is 3.31. The van der Waals surface area contributed by atoms with Crippen molar-refractivity contribution in [3.05, 3.63) is 46.1 Å². The van der Waals surface area contributed by atoms with Crippen molar-refractivity contribution in [1.82, 2.24) is 0 Å². The zero-order chi connectivity index (χ0) is 13.4. The summed E-state index contributed by atoms with van der Waals surface area (Å²) in [5.74, 6) is -0.189. The second kappa shape index (κ2) is 7.07. The van der Waals surface area contributed by atoms with E-state index < -0.39 is 5.41 Å². The SMILES string of the molecule is N#C[C@](C=O)(C/C=C/I)CC(=O)c1ccccc1. The molecule has 0 aliphatic carbocycles. The summed E-state index contributed by atoms with van der Waals surface area (Å²) in [5.41, 5.74) is -0.730. The summed E-state index contributed by atoms with van der Waals surface area (Å²) in [6.45, 7) is 0. The third-order valence-corrected chi connectivity index (χ3v) is 3.10. The standard InChI is InChI=1S/C14H12INO2/c15-8-4-7-14(10-16,11-17)9-13(18)12-5-2-1-3-6-12/h1-6,8,11H,7,9H2/b8-4+/t14-/m0/s1. The molecule has 0 fully saturated rings. The zero-order valence-corrected chi connectivity index (χ0v) is 11.8. The maximum atomic E-state index is 12.0. The number of carbonyl (C=O) groups excluding carboxylic acids is 2. The Morgan fingerprint density at radius 3 is 2.56 bits per heavy atom. The molecule has 1 atom stereocenters. The molecule has 1 aromatic rings. The van der Waals surface area contributed by atoms with Crippen LogP contribution in [-0.2, 0) is 4.79 Å². The molecule has 0 aromatic heterocycles. The lowest BCUT2D eigenvalue weighted by atomic mass is 9.81. The number of halogens is 1. The third kappa shape index (κ3) is 3.77. The first-order valence-electron chi connectivity index (χ1n) is 5.38. The summed E-state index contributed by atoms with van der Waals surface area (Å²) in [4.78, 5) is 23.1. The van der Waals surface area contributed by atoms with Crippen LogP contribution >= 0.6 is 22.6 Å². The van der Waals surface area contributed by atoms with Crippen LogP contribution in [0, 0.1) is 16.7 Å². The van der Waals surface area contributed by atoms with Gasteiger partial charge in [-0.25, -0.2) is 0 Å². The minimum Gasteiger partial charge on any atom is -0.302 e. The van der Waals surface area contributed by atoms with E-state index in [1.54, 1.807) is 34.4 Å². The average Bonchev–Trinajstić information content (AvgIpc) is 2.44. The van der Waals surface area contributed by atoms with Gasteiger partial charge in [0.1, 0.15) is 11.7 Å². The van der Waals surface area contributed by atoms with Gasteiger partial charge < -0.3 is 4.79 Å². The maximum Gasteiger partial charge on any atom is 0.164 e. The summed E-state index contributed by atoms with van der Waals surface area (Å²) >= 11 is 2.01. The van der Waals surface area contributed by atoms with Crippen LogP contribution in [0.25, 0.3) is 0 Å².